The Kier molecular flexibility index (Phi) is 9.98. The van der Waals surface area contributed by atoms with E-state index in [0.717, 1.165) is 30.0 Å². The van der Waals surface area contributed by atoms with Crippen LogP contribution in [0.4, 0.5) is 18.9 Å². The summed E-state index contributed by atoms with van der Waals surface area (Å²) in [7, 11) is 0. The van der Waals surface area contributed by atoms with Gasteiger partial charge in [0.15, 0.2) is 11.0 Å². The number of benzene rings is 2. The van der Waals surface area contributed by atoms with E-state index in [1.165, 1.54) is 0 Å². The Labute approximate surface area is 227 Å². The highest BCUT2D eigenvalue weighted by Crippen LogP contribution is 2.34. The van der Waals surface area contributed by atoms with Crippen molar-refractivity contribution in [3.05, 3.63) is 83.2 Å². The number of halogens is 4. The minimum Gasteiger partial charge on any atom is -0.342 e. The molecule has 0 saturated heterocycles. The van der Waals surface area contributed by atoms with Gasteiger partial charge in [0.1, 0.15) is 0 Å². The molecule has 1 heterocycles. The van der Waals surface area contributed by atoms with E-state index in [1.54, 1.807) is 34.9 Å². The zero-order valence-corrected chi connectivity index (χ0v) is 22.3. The van der Waals surface area contributed by atoms with E-state index < -0.39 is 23.7 Å². The fourth-order valence-electron chi connectivity index (χ4n) is 3.61. The van der Waals surface area contributed by atoms with Crippen molar-refractivity contribution in [2.45, 2.75) is 44.2 Å². The number of allylic oxidation sites excluding steroid dienone is 1. The molecule has 0 radical (unpaired) electrons. The summed E-state index contributed by atoms with van der Waals surface area (Å²) in [4.78, 5) is 25.4. The van der Waals surface area contributed by atoms with Gasteiger partial charge in [0.25, 0.3) is 5.91 Å². The molecule has 0 fully saturated rings. The van der Waals surface area contributed by atoms with Gasteiger partial charge in [-0.2, -0.15) is 13.2 Å². The first-order valence-electron chi connectivity index (χ1n) is 11.7. The van der Waals surface area contributed by atoms with Gasteiger partial charge in [-0.1, -0.05) is 61.5 Å². The van der Waals surface area contributed by atoms with Gasteiger partial charge in [-0.3, -0.25) is 9.59 Å². The Balaban J connectivity index is 1.77. The van der Waals surface area contributed by atoms with Gasteiger partial charge < -0.3 is 15.2 Å². The van der Waals surface area contributed by atoms with E-state index >= 15 is 0 Å². The number of carbonyl (C=O) groups is 2. The van der Waals surface area contributed by atoms with Crippen LogP contribution in [0, 0.1) is 5.92 Å². The number of nitrogens with zero attached hydrogens (tertiary/aromatic N) is 3. The normalized spacial score (nSPS) is 12.3. The number of amides is 2. The summed E-state index contributed by atoms with van der Waals surface area (Å²) in [5, 5.41) is 14.3. The summed E-state index contributed by atoms with van der Waals surface area (Å²) in [5.74, 6) is -0.249. The Bertz CT molecular complexity index is 1280. The van der Waals surface area contributed by atoms with Crippen LogP contribution in [-0.4, -0.2) is 32.3 Å². The van der Waals surface area contributed by atoms with E-state index in [-0.39, 0.29) is 28.3 Å². The first-order valence-corrected chi connectivity index (χ1v) is 13.0. The van der Waals surface area contributed by atoms with Crippen LogP contribution in [0.3, 0.4) is 0 Å². The van der Waals surface area contributed by atoms with E-state index in [0.29, 0.717) is 29.5 Å². The molecule has 0 aliphatic carbocycles. The first-order chi connectivity index (χ1) is 18.0. The van der Waals surface area contributed by atoms with Crippen molar-refractivity contribution in [3.63, 3.8) is 0 Å². The van der Waals surface area contributed by atoms with Crippen molar-refractivity contribution >= 4 is 40.9 Å². The molecular formula is C26H27ClF3N5O2S. The minimum absolute atomic E-state index is 0.0147. The molecule has 2 aromatic carbocycles. The van der Waals surface area contributed by atoms with Crippen LogP contribution in [0.5, 0.6) is 0 Å². The fourth-order valence-corrected chi connectivity index (χ4v) is 4.53. The third-order valence-electron chi connectivity index (χ3n) is 5.32. The van der Waals surface area contributed by atoms with Gasteiger partial charge in [0.05, 0.1) is 28.1 Å². The maximum Gasteiger partial charge on any atom is 0.416 e. The van der Waals surface area contributed by atoms with Crippen molar-refractivity contribution in [2.75, 3.05) is 11.1 Å². The number of alkyl halides is 3. The molecule has 3 aromatic rings. The standard InChI is InChI=1S/C26H27ClF3N5O2S/c1-4-12-35-23(21(13-16(2)3)32-24(37)17-8-6-5-7-9-17)33-34-25(35)38-15-22(36)31-20-14-18(26(28,29)30)10-11-19(20)27/h4-11,14,16,21H,1,12-13,15H2,2-3H3,(H,31,36)(H,32,37). The lowest BCUT2D eigenvalue weighted by atomic mass is 10.0. The molecule has 1 atom stereocenters. The molecule has 2 N–H and O–H groups in total. The zero-order valence-electron chi connectivity index (χ0n) is 20.8. The Morgan fingerprint density at radius 1 is 1.16 bits per heavy atom. The van der Waals surface area contributed by atoms with Crippen LogP contribution in [-0.2, 0) is 17.5 Å². The number of anilines is 1. The third-order valence-corrected chi connectivity index (χ3v) is 6.61. The maximum atomic E-state index is 13.0. The van der Waals surface area contributed by atoms with Crippen molar-refractivity contribution < 1.29 is 22.8 Å². The van der Waals surface area contributed by atoms with Gasteiger partial charge >= 0.3 is 6.18 Å². The van der Waals surface area contributed by atoms with Gasteiger partial charge in [-0.15, -0.1) is 16.8 Å². The van der Waals surface area contributed by atoms with Gasteiger partial charge in [-0.25, -0.2) is 0 Å². The lowest BCUT2D eigenvalue weighted by Gasteiger charge is -2.21. The van der Waals surface area contributed by atoms with E-state index in [4.69, 9.17) is 11.6 Å². The number of hydrogen-bond donors (Lipinski definition) is 2. The third kappa shape index (κ3) is 7.84. The Morgan fingerprint density at radius 3 is 2.50 bits per heavy atom. The average Bonchev–Trinajstić information content (AvgIpc) is 3.26. The van der Waals surface area contributed by atoms with Crippen LogP contribution >= 0.6 is 23.4 Å². The van der Waals surface area contributed by atoms with Crippen LogP contribution in [0.15, 0.2) is 66.3 Å². The number of rotatable bonds is 11. The maximum absolute atomic E-state index is 13.0. The molecule has 3 rings (SSSR count). The predicted molar refractivity (Wildman–Crippen MR) is 142 cm³/mol. The fraction of sp³-hybridized carbons (Fsp3) is 0.308. The van der Waals surface area contributed by atoms with Crippen LogP contribution < -0.4 is 10.6 Å². The highest BCUT2D eigenvalue weighted by atomic mass is 35.5. The van der Waals surface area contributed by atoms with E-state index in [2.05, 4.69) is 27.4 Å². The highest BCUT2D eigenvalue weighted by Gasteiger charge is 2.31. The van der Waals surface area contributed by atoms with Crippen molar-refractivity contribution in [1.82, 2.24) is 20.1 Å². The largest absolute Gasteiger partial charge is 0.416 e. The SMILES string of the molecule is C=CCn1c(SCC(=O)Nc2cc(C(F)(F)F)ccc2Cl)nnc1C(CC(C)C)NC(=O)c1ccccc1. The summed E-state index contributed by atoms with van der Waals surface area (Å²) in [5.41, 5.74) is -0.550. The second kappa shape index (κ2) is 13.0. The number of hydrogen-bond acceptors (Lipinski definition) is 5. The van der Waals surface area contributed by atoms with Crippen molar-refractivity contribution in [2.24, 2.45) is 5.92 Å². The molecule has 2 amide bonds. The van der Waals surface area contributed by atoms with E-state index in [9.17, 15) is 22.8 Å². The number of aromatic nitrogens is 3. The topological polar surface area (TPSA) is 88.9 Å². The first kappa shape index (κ1) is 29.2. The van der Waals surface area contributed by atoms with Crippen LogP contribution in [0.1, 0.15) is 48.1 Å². The molecule has 0 spiro atoms. The summed E-state index contributed by atoms with van der Waals surface area (Å²) in [6.07, 6.45) is -2.34. The molecule has 202 valence electrons. The summed E-state index contributed by atoms with van der Waals surface area (Å²) in [6, 6.07) is 11.1. The smallest absolute Gasteiger partial charge is 0.342 e. The molecule has 7 nitrogen and oxygen atoms in total. The molecule has 12 heteroatoms. The second-order valence-electron chi connectivity index (χ2n) is 8.79. The minimum atomic E-state index is -4.57. The van der Waals surface area contributed by atoms with E-state index in [1.807, 2.05) is 19.9 Å². The zero-order chi connectivity index (χ0) is 27.9. The molecule has 0 aliphatic rings. The molecular weight excluding hydrogens is 539 g/mol. The monoisotopic (exact) mass is 565 g/mol. The van der Waals surface area contributed by atoms with Crippen LogP contribution in [0.25, 0.3) is 0 Å². The molecule has 38 heavy (non-hydrogen) atoms. The molecule has 0 bridgehead atoms. The Hall–Kier alpha value is -3.31. The van der Waals surface area contributed by atoms with Gasteiger partial charge in [0, 0.05) is 12.1 Å². The van der Waals surface area contributed by atoms with Crippen LogP contribution in [0.2, 0.25) is 5.02 Å². The molecule has 0 saturated carbocycles. The number of thioether (sulfide) groups is 1. The van der Waals surface area contributed by atoms with Crippen molar-refractivity contribution in [1.29, 1.82) is 0 Å². The lowest BCUT2D eigenvalue weighted by Crippen LogP contribution is -2.31. The summed E-state index contributed by atoms with van der Waals surface area (Å²) < 4.78 is 40.9. The second-order valence-corrected chi connectivity index (χ2v) is 10.1. The lowest BCUT2D eigenvalue weighted by molar-refractivity contribution is -0.137. The quantitative estimate of drug-likeness (QED) is 0.208. The molecule has 1 unspecified atom stereocenters. The Morgan fingerprint density at radius 2 is 1.87 bits per heavy atom. The summed E-state index contributed by atoms with van der Waals surface area (Å²) >= 11 is 7.03. The van der Waals surface area contributed by atoms with Crippen molar-refractivity contribution in [3.8, 4) is 0 Å². The predicted octanol–water partition coefficient (Wildman–Crippen LogP) is 6.38. The number of carbonyl (C=O) groups excluding carboxylic acids is 2. The molecule has 0 aliphatic heterocycles. The summed E-state index contributed by atoms with van der Waals surface area (Å²) in [6.45, 7) is 8.14. The van der Waals surface area contributed by atoms with Gasteiger partial charge in [0.2, 0.25) is 5.91 Å². The number of nitrogens with one attached hydrogen (secondary N) is 2. The average molecular weight is 566 g/mol. The van der Waals surface area contributed by atoms with Gasteiger partial charge in [-0.05, 0) is 42.7 Å². The highest BCUT2D eigenvalue weighted by molar-refractivity contribution is 7.99. The molecule has 1 aromatic heterocycles.